The molecule has 4 rings (SSSR count). The van der Waals surface area contributed by atoms with Crippen LogP contribution < -0.4 is 5.32 Å². The van der Waals surface area contributed by atoms with Crippen molar-refractivity contribution in [2.75, 3.05) is 19.0 Å². The van der Waals surface area contributed by atoms with Crippen LogP contribution in [0.2, 0.25) is 0 Å². The highest BCUT2D eigenvalue weighted by molar-refractivity contribution is 6.01. The Balaban J connectivity index is 1.62. The summed E-state index contributed by atoms with van der Waals surface area (Å²) in [7, 11) is 3.38. The summed E-state index contributed by atoms with van der Waals surface area (Å²) < 4.78 is 6.98. The maximum atomic E-state index is 13.0. The molecule has 6 heteroatoms. The first-order chi connectivity index (χ1) is 13.5. The second kappa shape index (κ2) is 7.03. The van der Waals surface area contributed by atoms with Crippen LogP contribution in [0.15, 0.2) is 42.6 Å². The first-order valence-corrected chi connectivity index (χ1v) is 9.28. The second-order valence-electron chi connectivity index (χ2n) is 7.22. The van der Waals surface area contributed by atoms with E-state index < -0.39 is 5.97 Å². The van der Waals surface area contributed by atoms with Gasteiger partial charge in [0.25, 0.3) is 0 Å². The summed E-state index contributed by atoms with van der Waals surface area (Å²) in [4.78, 5) is 26.8. The lowest BCUT2D eigenvalue weighted by Gasteiger charge is -2.22. The minimum absolute atomic E-state index is 0.220. The van der Waals surface area contributed by atoms with E-state index in [4.69, 9.17) is 4.74 Å². The van der Waals surface area contributed by atoms with E-state index in [0.717, 1.165) is 17.5 Å². The molecule has 1 N–H and O–H groups in total. The second-order valence-corrected chi connectivity index (χ2v) is 7.22. The average molecular weight is 377 g/mol. The van der Waals surface area contributed by atoms with Gasteiger partial charge in [0, 0.05) is 37.2 Å². The first kappa shape index (κ1) is 18.1. The van der Waals surface area contributed by atoms with Crippen molar-refractivity contribution in [1.82, 2.24) is 9.47 Å². The molecule has 0 radical (unpaired) electrons. The Hall–Kier alpha value is -3.28. The fraction of sp³-hybridized carbons (Fsp3) is 0.273. The lowest BCUT2D eigenvalue weighted by Crippen LogP contribution is -2.35. The molecule has 144 valence electrons. The van der Waals surface area contributed by atoms with Gasteiger partial charge < -0.3 is 19.5 Å². The van der Waals surface area contributed by atoms with Gasteiger partial charge in [0.15, 0.2) is 0 Å². The number of benzene rings is 2. The molecule has 0 saturated carbocycles. The monoisotopic (exact) mass is 377 g/mol. The fourth-order valence-electron chi connectivity index (χ4n) is 3.90. The van der Waals surface area contributed by atoms with Crippen LogP contribution >= 0.6 is 0 Å². The number of aryl methyl sites for hydroxylation is 2. The molecule has 6 nitrogen and oxygen atoms in total. The average Bonchev–Trinajstić information content (AvgIpc) is 2.89. The summed E-state index contributed by atoms with van der Waals surface area (Å²) in [6, 6.07) is 11.3. The van der Waals surface area contributed by atoms with Gasteiger partial charge in [-0.1, -0.05) is 18.2 Å². The fourth-order valence-corrected chi connectivity index (χ4v) is 3.90. The van der Waals surface area contributed by atoms with Gasteiger partial charge in [-0.2, -0.15) is 0 Å². The van der Waals surface area contributed by atoms with Crippen molar-refractivity contribution >= 4 is 28.6 Å². The molecule has 0 unspecified atom stereocenters. The third-order valence-corrected chi connectivity index (χ3v) is 5.30. The Morgan fingerprint density at radius 1 is 1.14 bits per heavy atom. The number of nitrogens with zero attached hydrogens (tertiary/aromatic N) is 2. The first-order valence-electron chi connectivity index (χ1n) is 9.28. The van der Waals surface area contributed by atoms with Crippen molar-refractivity contribution in [1.29, 1.82) is 0 Å². The molecule has 2 heterocycles. The molecule has 0 saturated heterocycles. The molecular formula is C22H23N3O3. The number of hydrogen-bond donors (Lipinski definition) is 1. The molecule has 2 amide bonds. The van der Waals surface area contributed by atoms with Gasteiger partial charge in [-0.25, -0.2) is 9.59 Å². The minimum Gasteiger partial charge on any atom is -0.465 e. The highest BCUT2D eigenvalue weighted by Crippen LogP contribution is 2.29. The molecule has 28 heavy (non-hydrogen) atoms. The van der Waals surface area contributed by atoms with E-state index in [1.807, 2.05) is 26.1 Å². The molecule has 0 fully saturated rings. The molecule has 0 spiro atoms. The Labute approximate surface area is 163 Å². The normalized spacial score (nSPS) is 13.3. The number of hydrogen-bond acceptors (Lipinski definition) is 3. The van der Waals surface area contributed by atoms with Crippen molar-refractivity contribution < 1.29 is 14.3 Å². The molecule has 0 bridgehead atoms. The van der Waals surface area contributed by atoms with E-state index >= 15 is 0 Å². The van der Waals surface area contributed by atoms with Gasteiger partial charge in [0.05, 0.1) is 18.4 Å². The quantitative estimate of drug-likeness (QED) is 0.690. The number of esters is 1. The summed E-state index contributed by atoms with van der Waals surface area (Å²) in [5.41, 5.74) is 5.35. The van der Waals surface area contributed by atoms with E-state index in [1.54, 1.807) is 17.0 Å². The smallest absolute Gasteiger partial charge is 0.339 e. The van der Waals surface area contributed by atoms with Crippen LogP contribution in [-0.2, 0) is 24.8 Å². The predicted molar refractivity (Wildman–Crippen MR) is 109 cm³/mol. The molecule has 1 aromatic heterocycles. The van der Waals surface area contributed by atoms with Gasteiger partial charge >= 0.3 is 12.0 Å². The molecule has 0 atom stereocenters. The van der Waals surface area contributed by atoms with Crippen molar-refractivity contribution in [2.24, 2.45) is 7.05 Å². The number of ether oxygens (including phenoxy) is 1. The zero-order valence-corrected chi connectivity index (χ0v) is 16.3. The van der Waals surface area contributed by atoms with Crippen molar-refractivity contribution in [3.63, 3.8) is 0 Å². The van der Waals surface area contributed by atoms with Gasteiger partial charge in [0.2, 0.25) is 0 Å². The summed E-state index contributed by atoms with van der Waals surface area (Å²) in [6.07, 6.45) is 2.94. The number of carbonyl (C=O) groups excluding carboxylic acids is 2. The van der Waals surface area contributed by atoms with E-state index in [9.17, 15) is 9.59 Å². The molecule has 3 aromatic rings. The molecule has 0 aliphatic carbocycles. The zero-order chi connectivity index (χ0) is 19.8. The number of carbonyl (C=O) groups is 2. The summed E-state index contributed by atoms with van der Waals surface area (Å²) in [6.45, 7) is 3.05. The van der Waals surface area contributed by atoms with Crippen LogP contribution in [0.1, 0.15) is 27.0 Å². The maximum Gasteiger partial charge on any atom is 0.339 e. The molecular weight excluding hydrogens is 354 g/mol. The Morgan fingerprint density at radius 3 is 2.75 bits per heavy atom. The van der Waals surface area contributed by atoms with E-state index in [1.165, 1.54) is 23.6 Å². The van der Waals surface area contributed by atoms with Crippen molar-refractivity contribution in [3.8, 4) is 0 Å². The molecule has 2 aromatic carbocycles. The lowest BCUT2D eigenvalue weighted by molar-refractivity contribution is 0.0602. The van der Waals surface area contributed by atoms with Crippen molar-refractivity contribution in [2.45, 2.75) is 19.9 Å². The highest BCUT2D eigenvalue weighted by Gasteiger charge is 2.23. The van der Waals surface area contributed by atoms with Crippen LogP contribution in [0.5, 0.6) is 0 Å². The standard InChI is InChI=1S/C22H23N3O3/c1-14-7-8-17(21(26)28-3)18(11-14)23-22(27)25-10-9-16-12-24(2)19-6-4-5-15(13-25)20(16)19/h4-8,11-12H,9-10,13H2,1-3H3,(H,23,27). The Kier molecular flexibility index (Phi) is 4.55. The Morgan fingerprint density at radius 2 is 1.96 bits per heavy atom. The summed E-state index contributed by atoms with van der Waals surface area (Å²) >= 11 is 0. The van der Waals surface area contributed by atoms with Gasteiger partial charge in [-0.05, 0) is 48.2 Å². The van der Waals surface area contributed by atoms with E-state index in [-0.39, 0.29) is 6.03 Å². The third-order valence-electron chi connectivity index (χ3n) is 5.30. The van der Waals surface area contributed by atoms with Crippen LogP contribution in [-0.4, -0.2) is 35.1 Å². The minimum atomic E-state index is -0.469. The molecule has 1 aliphatic rings. The SMILES string of the molecule is COC(=O)c1ccc(C)cc1NC(=O)N1CCc2cn(C)c3cccc(c23)C1. The summed E-state index contributed by atoms with van der Waals surface area (Å²) in [5.74, 6) is -0.469. The van der Waals surface area contributed by atoms with E-state index in [2.05, 4.69) is 28.2 Å². The van der Waals surface area contributed by atoms with Gasteiger partial charge in [-0.15, -0.1) is 0 Å². The van der Waals surface area contributed by atoms with Crippen LogP contribution in [0.3, 0.4) is 0 Å². The largest absolute Gasteiger partial charge is 0.465 e. The van der Waals surface area contributed by atoms with E-state index in [0.29, 0.717) is 24.3 Å². The lowest BCUT2D eigenvalue weighted by atomic mass is 10.1. The number of anilines is 1. The molecule has 1 aliphatic heterocycles. The number of amides is 2. The van der Waals surface area contributed by atoms with Gasteiger partial charge in [0.1, 0.15) is 0 Å². The van der Waals surface area contributed by atoms with Crippen LogP contribution in [0.4, 0.5) is 10.5 Å². The number of urea groups is 1. The number of methoxy groups -OCH3 is 1. The predicted octanol–water partition coefficient (Wildman–Crippen LogP) is 3.86. The topological polar surface area (TPSA) is 63.6 Å². The van der Waals surface area contributed by atoms with Crippen LogP contribution in [0, 0.1) is 6.92 Å². The zero-order valence-electron chi connectivity index (χ0n) is 16.3. The Bertz CT molecular complexity index is 1080. The summed E-state index contributed by atoms with van der Waals surface area (Å²) in [5, 5.41) is 4.15. The number of rotatable bonds is 2. The maximum absolute atomic E-state index is 13.0. The highest BCUT2D eigenvalue weighted by atomic mass is 16.5. The number of aromatic nitrogens is 1. The van der Waals surface area contributed by atoms with Crippen LogP contribution in [0.25, 0.3) is 10.9 Å². The van der Waals surface area contributed by atoms with Gasteiger partial charge in [-0.3, -0.25) is 0 Å². The number of nitrogens with one attached hydrogen (secondary N) is 1. The van der Waals surface area contributed by atoms with Crippen molar-refractivity contribution in [3.05, 3.63) is 64.8 Å². The third kappa shape index (κ3) is 3.11.